The minimum Gasteiger partial charge on any atom is -0.465 e. The van der Waals surface area contributed by atoms with E-state index in [1.54, 1.807) is 0 Å². The summed E-state index contributed by atoms with van der Waals surface area (Å²) in [7, 11) is 1.14. The van der Waals surface area contributed by atoms with Gasteiger partial charge in [-0.15, -0.1) is 0 Å². The first-order valence-corrected chi connectivity index (χ1v) is 6.40. The maximum Gasteiger partial charge on any atom is 0.340 e. The van der Waals surface area contributed by atoms with E-state index in [9.17, 15) is 18.4 Å². The Bertz CT molecular complexity index is 699. The van der Waals surface area contributed by atoms with Crippen LogP contribution in [0.15, 0.2) is 42.5 Å². The van der Waals surface area contributed by atoms with Gasteiger partial charge in [-0.1, -0.05) is 18.2 Å². The number of carbonyl (C=O) groups excluding carboxylic acids is 2. The third-order valence-corrected chi connectivity index (χ3v) is 3.02. The van der Waals surface area contributed by atoms with Gasteiger partial charge in [0.05, 0.1) is 18.4 Å². The topological polar surface area (TPSA) is 55.4 Å². The van der Waals surface area contributed by atoms with Crippen LogP contribution in [-0.4, -0.2) is 19.0 Å². The van der Waals surface area contributed by atoms with E-state index in [0.717, 1.165) is 7.11 Å². The summed E-state index contributed by atoms with van der Waals surface area (Å²) in [6, 6.07) is 9.82. The molecule has 0 unspecified atom stereocenters. The van der Waals surface area contributed by atoms with Crippen LogP contribution >= 0.6 is 0 Å². The molecule has 6 heteroatoms. The van der Waals surface area contributed by atoms with Crippen LogP contribution in [0.1, 0.15) is 26.3 Å². The average molecular weight is 305 g/mol. The lowest BCUT2D eigenvalue weighted by molar-refractivity contribution is 0.0595. The van der Waals surface area contributed by atoms with Crippen molar-refractivity contribution < 1.29 is 23.1 Å². The van der Waals surface area contributed by atoms with Crippen LogP contribution in [0.3, 0.4) is 0 Å². The smallest absolute Gasteiger partial charge is 0.340 e. The first-order chi connectivity index (χ1) is 10.6. The van der Waals surface area contributed by atoms with Crippen molar-refractivity contribution in [2.75, 3.05) is 12.4 Å². The van der Waals surface area contributed by atoms with Gasteiger partial charge in [0.25, 0.3) is 5.91 Å². The normalized spacial score (nSPS) is 10.1. The van der Waals surface area contributed by atoms with E-state index in [0.29, 0.717) is 5.56 Å². The minimum absolute atomic E-state index is 0.137. The van der Waals surface area contributed by atoms with Gasteiger partial charge in [0.2, 0.25) is 0 Å². The zero-order valence-electron chi connectivity index (χ0n) is 11.7. The molecule has 0 aliphatic heterocycles. The number of anilines is 1. The Balaban J connectivity index is 2.22. The zero-order valence-corrected chi connectivity index (χ0v) is 11.7. The molecule has 2 aromatic rings. The number of benzene rings is 2. The van der Waals surface area contributed by atoms with Crippen molar-refractivity contribution >= 4 is 17.6 Å². The predicted octanol–water partition coefficient (Wildman–Crippen LogP) is 3.33. The van der Waals surface area contributed by atoms with Gasteiger partial charge in [-0.3, -0.25) is 4.79 Å². The molecular formula is C16H13F2NO3. The highest BCUT2D eigenvalue weighted by Crippen LogP contribution is 2.19. The minimum atomic E-state index is -0.872. The molecule has 0 saturated heterocycles. The molecule has 0 atom stereocenters. The third kappa shape index (κ3) is 3.28. The number of hydrogen-bond acceptors (Lipinski definition) is 3. The molecule has 0 aliphatic rings. The molecule has 22 heavy (non-hydrogen) atoms. The van der Waals surface area contributed by atoms with E-state index >= 15 is 0 Å². The van der Waals surface area contributed by atoms with Crippen molar-refractivity contribution in [1.82, 2.24) is 0 Å². The van der Waals surface area contributed by atoms with Crippen molar-refractivity contribution in [2.45, 2.75) is 6.67 Å². The number of hydrogen-bond donors (Lipinski definition) is 1. The Kier molecular flexibility index (Phi) is 4.83. The molecule has 2 rings (SSSR count). The number of ether oxygens (including phenoxy) is 1. The molecule has 0 spiro atoms. The Hall–Kier alpha value is -2.76. The molecule has 1 N–H and O–H groups in total. The van der Waals surface area contributed by atoms with E-state index in [2.05, 4.69) is 10.1 Å². The first kappa shape index (κ1) is 15.6. The summed E-state index contributed by atoms with van der Waals surface area (Å²) in [6.07, 6.45) is 0. The maximum absolute atomic E-state index is 14.1. The molecule has 0 fully saturated rings. The number of rotatable bonds is 4. The molecule has 0 aromatic heterocycles. The predicted molar refractivity (Wildman–Crippen MR) is 76.9 cm³/mol. The van der Waals surface area contributed by atoms with Crippen LogP contribution in [0, 0.1) is 5.82 Å². The van der Waals surface area contributed by atoms with E-state index < -0.39 is 24.4 Å². The zero-order chi connectivity index (χ0) is 16.1. The van der Waals surface area contributed by atoms with Gasteiger partial charge < -0.3 is 10.1 Å². The molecule has 4 nitrogen and oxygen atoms in total. The number of esters is 1. The number of halogens is 2. The molecule has 0 radical (unpaired) electrons. The number of nitrogens with one attached hydrogen (secondary N) is 1. The highest BCUT2D eigenvalue weighted by Gasteiger charge is 2.17. The number of alkyl halides is 1. The third-order valence-electron chi connectivity index (χ3n) is 3.02. The van der Waals surface area contributed by atoms with Gasteiger partial charge >= 0.3 is 5.97 Å². The highest BCUT2D eigenvalue weighted by molar-refractivity contribution is 6.05. The summed E-state index contributed by atoms with van der Waals surface area (Å²) in [6.45, 7) is -0.627. The quantitative estimate of drug-likeness (QED) is 0.881. The van der Waals surface area contributed by atoms with Gasteiger partial charge in [0.15, 0.2) is 5.82 Å². The Morgan fingerprint density at radius 2 is 1.82 bits per heavy atom. The van der Waals surface area contributed by atoms with Crippen LogP contribution < -0.4 is 5.32 Å². The Morgan fingerprint density at radius 3 is 2.41 bits per heavy atom. The largest absolute Gasteiger partial charge is 0.465 e. The van der Waals surface area contributed by atoms with Crippen molar-refractivity contribution in [3.05, 3.63) is 65.0 Å². The first-order valence-electron chi connectivity index (χ1n) is 6.40. The summed E-state index contributed by atoms with van der Waals surface area (Å²) < 4.78 is 31.0. The lowest BCUT2D eigenvalue weighted by Crippen LogP contribution is -2.15. The van der Waals surface area contributed by atoms with Crippen LogP contribution in [-0.2, 0) is 11.4 Å². The Morgan fingerprint density at radius 1 is 1.14 bits per heavy atom. The van der Waals surface area contributed by atoms with Crippen molar-refractivity contribution in [1.29, 1.82) is 0 Å². The molecule has 1 amide bonds. The fourth-order valence-corrected chi connectivity index (χ4v) is 1.84. The number of carbonyl (C=O) groups is 2. The lowest BCUT2D eigenvalue weighted by atomic mass is 10.1. The summed E-state index contributed by atoms with van der Waals surface area (Å²) in [4.78, 5) is 23.4. The van der Waals surface area contributed by atoms with Gasteiger partial charge in [0.1, 0.15) is 6.67 Å². The molecule has 0 bridgehead atoms. The van der Waals surface area contributed by atoms with E-state index in [1.165, 1.54) is 42.5 Å². The molecular weight excluding hydrogens is 292 g/mol. The van der Waals surface area contributed by atoms with Crippen LogP contribution in [0.5, 0.6) is 0 Å². The molecule has 0 heterocycles. The van der Waals surface area contributed by atoms with E-state index in [-0.39, 0.29) is 16.8 Å². The summed E-state index contributed by atoms with van der Waals surface area (Å²) in [5.41, 5.74) is 0.283. The van der Waals surface area contributed by atoms with Crippen molar-refractivity contribution in [2.24, 2.45) is 0 Å². The second kappa shape index (κ2) is 6.80. The van der Waals surface area contributed by atoms with Gasteiger partial charge in [-0.2, -0.15) is 0 Å². The summed E-state index contributed by atoms with van der Waals surface area (Å²) >= 11 is 0. The molecule has 2 aromatic carbocycles. The van der Waals surface area contributed by atoms with Gasteiger partial charge in [-0.25, -0.2) is 13.6 Å². The fraction of sp³-hybridized carbons (Fsp3) is 0.125. The van der Waals surface area contributed by atoms with Crippen molar-refractivity contribution in [3.8, 4) is 0 Å². The van der Waals surface area contributed by atoms with Crippen LogP contribution in [0.4, 0.5) is 14.5 Å². The van der Waals surface area contributed by atoms with Crippen molar-refractivity contribution in [3.63, 3.8) is 0 Å². The summed E-state index contributed by atoms with van der Waals surface area (Å²) in [5, 5.41) is 2.37. The Labute approximate surface area is 125 Å². The molecule has 0 aliphatic carbocycles. The van der Waals surface area contributed by atoms with Gasteiger partial charge in [0, 0.05) is 5.56 Å². The fourth-order valence-electron chi connectivity index (χ4n) is 1.84. The molecule has 0 saturated carbocycles. The number of amides is 1. The van der Waals surface area contributed by atoms with Crippen LogP contribution in [0.2, 0.25) is 0 Å². The number of methoxy groups -OCH3 is 1. The second-order valence-electron chi connectivity index (χ2n) is 4.44. The average Bonchev–Trinajstić information content (AvgIpc) is 2.56. The maximum atomic E-state index is 14.1. The van der Waals surface area contributed by atoms with E-state index in [4.69, 9.17) is 0 Å². The highest BCUT2D eigenvalue weighted by atomic mass is 19.1. The molecule has 114 valence electrons. The lowest BCUT2D eigenvalue weighted by Gasteiger charge is -2.09. The standard InChI is InChI=1S/C16H13F2NO3/c1-22-16(21)12-3-2-4-13(14(12)18)19-15(20)11-7-5-10(9-17)6-8-11/h2-8H,9H2,1H3,(H,19,20). The van der Waals surface area contributed by atoms with Gasteiger partial charge in [-0.05, 0) is 29.8 Å². The summed E-state index contributed by atoms with van der Waals surface area (Å²) in [5.74, 6) is -2.27. The van der Waals surface area contributed by atoms with Crippen LogP contribution in [0.25, 0.3) is 0 Å². The monoisotopic (exact) mass is 305 g/mol. The van der Waals surface area contributed by atoms with E-state index in [1.807, 2.05) is 0 Å². The second-order valence-corrected chi connectivity index (χ2v) is 4.44. The SMILES string of the molecule is COC(=O)c1cccc(NC(=O)c2ccc(CF)cc2)c1F.